The number of hydrogen-bond donors (Lipinski definition) is 0. The predicted molar refractivity (Wildman–Crippen MR) is 83.8 cm³/mol. The van der Waals surface area contributed by atoms with E-state index in [2.05, 4.69) is 23.9 Å². The van der Waals surface area contributed by atoms with Crippen LogP contribution < -0.4 is 5.56 Å². The molecule has 1 saturated heterocycles. The van der Waals surface area contributed by atoms with Gasteiger partial charge in [-0.05, 0) is 52.4 Å². The molecule has 0 bridgehead atoms. The Morgan fingerprint density at radius 2 is 2.10 bits per heavy atom. The first-order chi connectivity index (χ1) is 9.60. The van der Waals surface area contributed by atoms with Gasteiger partial charge in [-0.2, -0.15) is 0 Å². The number of aromatic nitrogens is 2. The minimum atomic E-state index is 0.151. The molecular formula is C15H21N3OS. The van der Waals surface area contributed by atoms with E-state index in [4.69, 9.17) is 0 Å². The van der Waals surface area contributed by atoms with Gasteiger partial charge in [-0.1, -0.05) is 6.92 Å². The number of piperidine rings is 1. The SMILES string of the molecule is CCc1cc2c(=O)n(C3CCN(C)CC3)c(C)nc2s1. The van der Waals surface area contributed by atoms with Gasteiger partial charge in [0.05, 0.1) is 5.39 Å². The lowest BCUT2D eigenvalue weighted by molar-refractivity contribution is 0.216. The Hall–Kier alpha value is -1.20. The Bertz CT molecular complexity index is 680. The van der Waals surface area contributed by atoms with Crippen molar-refractivity contribution in [3.8, 4) is 0 Å². The van der Waals surface area contributed by atoms with E-state index in [-0.39, 0.29) is 5.56 Å². The highest BCUT2D eigenvalue weighted by Gasteiger charge is 2.22. The normalized spacial score (nSPS) is 17.9. The standard InChI is InChI=1S/C15H21N3OS/c1-4-12-9-13-14(20-12)16-10(2)18(15(13)19)11-5-7-17(3)8-6-11/h9,11H,4-8H2,1-3H3. The molecule has 1 aliphatic rings. The average Bonchev–Trinajstić information content (AvgIpc) is 2.84. The monoisotopic (exact) mass is 291 g/mol. The highest BCUT2D eigenvalue weighted by molar-refractivity contribution is 7.18. The van der Waals surface area contributed by atoms with Crippen LogP contribution in [0.4, 0.5) is 0 Å². The molecule has 20 heavy (non-hydrogen) atoms. The van der Waals surface area contributed by atoms with Crippen molar-refractivity contribution in [1.82, 2.24) is 14.5 Å². The highest BCUT2D eigenvalue weighted by Crippen LogP contribution is 2.25. The van der Waals surface area contributed by atoms with E-state index in [1.807, 2.05) is 17.6 Å². The minimum Gasteiger partial charge on any atom is -0.306 e. The Kier molecular flexibility index (Phi) is 3.65. The number of hydrogen-bond acceptors (Lipinski definition) is 4. The first kappa shape index (κ1) is 13.8. The molecule has 0 spiro atoms. The third kappa shape index (κ3) is 2.29. The maximum Gasteiger partial charge on any atom is 0.262 e. The van der Waals surface area contributed by atoms with Gasteiger partial charge in [0, 0.05) is 10.9 Å². The summed E-state index contributed by atoms with van der Waals surface area (Å²) in [6, 6.07) is 2.33. The lowest BCUT2D eigenvalue weighted by Crippen LogP contribution is -2.36. The van der Waals surface area contributed by atoms with E-state index in [9.17, 15) is 4.79 Å². The van der Waals surface area contributed by atoms with Gasteiger partial charge < -0.3 is 4.90 Å². The van der Waals surface area contributed by atoms with E-state index in [1.165, 1.54) is 4.88 Å². The molecule has 5 heteroatoms. The van der Waals surface area contributed by atoms with Gasteiger partial charge in [0.2, 0.25) is 0 Å². The van der Waals surface area contributed by atoms with Crippen molar-refractivity contribution in [2.45, 2.75) is 39.2 Å². The zero-order valence-electron chi connectivity index (χ0n) is 12.3. The molecule has 0 N–H and O–H groups in total. The molecule has 0 atom stereocenters. The molecule has 0 aliphatic carbocycles. The van der Waals surface area contributed by atoms with Crippen molar-refractivity contribution < 1.29 is 0 Å². The van der Waals surface area contributed by atoms with E-state index in [0.717, 1.165) is 48.4 Å². The summed E-state index contributed by atoms with van der Waals surface area (Å²) >= 11 is 1.65. The Morgan fingerprint density at radius 3 is 2.75 bits per heavy atom. The maximum absolute atomic E-state index is 12.8. The van der Waals surface area contributed by atoms with Gasteiger partial charge in [-0.3, -0.25) is 9.36 Å². The van der Waals surface area contributed by atoms with Crippen molar-refractivity contribution in [3.05, 3.63) is 27.1 Å². The molecule has 4 nitrogen and oxygen atoms in total. The number of aryl methyl sites for hydroxylation is 2. The number of rotatable bonds is 2. The molecule has 0 unspecified atom stereocenters. The molecule has 0 amide bonds. The average molecular weight is 291 g/mol. The number of fused-ring (bicyclic) bond motifs is 1. The summed E-state index contributed by atoms with van der Waals surface area (Å²) in [5.74, 6) is 0.863. The zero-order chi connectivity index (χ0) is 14.3. The van der Waals surface area contributed by atoms with Gasteiger partial charge in [-0.15, -0.1) is 11.3 Å². The molecular weight excluding hydrogens is 270 g/mol. The second-order valence-electron chi connectivity index (χ2n) is 5.65. The van der Waals surface area contributed by atoms with E-state index >= 15 is 0 Å². The second-order valence-corrected chi connectivity index (χ2v) is 6.77. The first-order valence-corrected chi connectivity index (χ1v) is 8.12. The van der Waals surface area contributed by atoms with Gasteiger partial charge in [0.25, 0.3) is 5.56 Å². The van der Waals surface area contributed by atoms with Crippen LogP contribution in [0.3, 0.4) is 0 Å². The zero-order valence-corrected chi connectivity index (χ0v) is 13.2. The third-order valence-electron chi connectivity index (χ3n) is 4.23. The van der Waals surface area contributed by atoms with Crippen LogP contribution in [-0.2, 0) is 6.42 Å². The Labute approximate surface area is 123 Å². The molecule has 1 fully saturated rings. The number of thiophene rings is 1. The lowest BCUT2D eigenvalue weighted by atomic mass is 10.0. The van der Waals surface area contributed by atoms with Crippen LogP contribution in [0.15, 0.2) is 10.9 Å². The Morgan fingerprint density at radius 1 is 1.40 bits per heavy atom. The minimum absolute atomic E-state index is 0.151. The van der Waals surface area contributed by atoms with Crippen LogP contribution in [-0.4, -0.2) is 34.6 Å². The van der Waals surface area contributed by atoms with Crippen molar-refractivity contribution >= 4 is 21.6 Å². The molecule has 3 rings (SSSR count). The van der Waals surface area contributed by atoms with Crippen LogP contribution in [0.25, 0.3) is 10.2 Å². The first-order valence-electron chi connectivity index (χ1n) is 7.30. The third-order valence-corrected chi connectivity index (χ3v) is 5.40. The summed E-state index contributed by atoms with van der Waals surface area (Å²) in [6.07, 6.45) is 3.04. The summed E-state index contributed by atoms with van der Waals surface area (Å²) in [4.78, 5) is 21.9. The maximum atomic E-state index is 12.8. The van der Waals surface area contributed by atoms with E-state index in [0.29, 0.717) is 6.04 Å². The van der Waals surface area contributed by atoms with Crippen LogP contribution in [0.5, 0.6) is 0 Å². The fraction of sp³-hybridized carbons (Fsp3) is 0.600. The largest absolute Gasteiger partial charge is 0.306 e. The van der Waals surface area contributed by atoms with Crippen LogP contribution in [0, 0.1) is 6.92 Å². The smallest absolute Gasteiger partial charge is 0.262 e. The topological polar surface area (TPSA) is 38.1 Å². The summed E-state index contributed by atoms with van der Waals surface area (Å²) in [5.41, 5.74) is 0.151. The van der Waals surface area contributed by atoms with Gasteiger partial charge >= 0.3 is 0 Å². The Balaban J connectivity index is 2.08. The highest BCUT2D eigenvalue weighted by atomic mass is 32.1. The van der Waals surface area contributed by atoms with Crippen LogP contribution >= 0.6 is 11.3 Å². The van der Waals surface area contributed by atoms with Crippen molar-refractivity contribution in [2.24, 2.45) is 0 Å². The molecule has 2 aromatic rings. The fourth-order valence-corrected chi connectivity index (χ4v) is 4.01. The molecule has 1 aliphatic heterocycles. The van der Waals surface area contributed by atoms with Gasteiger partial charge in [-0.25, -0.2) is 4.98 Å². The van der Waals surface area contributed by atoms with Crippen LogP contribution in [0.2, 0.25) is 0 Å². The molecule has 0 aromatic carbocycles. The molecule has 3 heterocycles. The van der Waals surface area contributed by atoms with E-state index in [1.54, 1.807) is 11.3 Å². The van der Waals surface area contributed by atoms with Gasteiger partial charge in [0.1, 0.15) is 10.7 Å². The molecule has 108 valence electrons. The quantitative estimate of drug-likeness (QED) is 0.853. The summed E-state index contributed by atoms with van der Waals surface area (Å²) in [5, 5.41) is 0.802. The van der Waals surface area contributed by atoms with E-state index < -0.39 is 0 Å². The van der Waals surface area contributed by atoms with Crippen molar-refractivity contribution in [3.63, 3.8) is 0 Å². The number of nitrogens with zero attached hydrogens (tertiary/aromatic N) is 3. The van der Waals surface area contributed by atoms with Crippen LogP contribution in [0.1, 0.15) is 36.5 Å². The summed E-state index contributed by atoms with van der Waals surface area (Å²) < 4.78 is 1.93. The molecule has 0 saturated carbocycles. The van der Waals surface area contributed by atoms with Crippen molar-refractivity contribution in [2.75, 3.05) is 20.1 Å². The fourth-order valence-electron chi connectivity index (χ4n) is 3.00. The second kappa shape index (κ2) is 5.30. The lowest BCUT2D eigenvalue weighted by Gasteiger charge is -2.30. The van der Waals surface area contributed by atoms with Crippen molar-refractivity contribution in [1.29, 1.82) is 0 Å². The summed E-state index contributed by atoms with van der Waals surface area (Å²) in [6.45, 7) is 6.19. The molecule has 2 aromatic heterocycles. The predicted octanol–water partition coefficient (Wildman–Crippen LogP) is 2.60. The molecule has 0 radical (unpaired) electrons. The number of likely N-dealkylation sites (tertiary alicyclic amines) is 1. The summed E-state index contributed by atoms with van der Waals surface area (Å²) in [7, 11) is 2.14. The van der Waals surface area contributed by atoms with Gasteiger partial charge in [0.15, 0.2) is 0 Å².